The van der Waals surface area contributed by atoms with E-state index >= 15 is 0 Å². The fourth-order valence-corrected chi connectivity index (χ4v) is 3.86. The number of carbonyl (C=O) groups excluding carboxylic acids is 1. The zero-order valence-electron chi connectivity index (χ0n) is 16.6. The fourth-order valence-electron chi connectivity index (χ4n) is 3.86. The third-order valence-electron chi connectivity index (χ3n) is 5.30. The largest absolute Gasteiger partial charge is 0.383 e. The van der Waals surface area contributed by atoms with Crippen molar-refractivity contribution in [3.05, 3.63) is 42.1 Å². The summed E-state index contributed by atoms with van der Waals surface area (Å²) in [6, 6.07) is 12.5. The standard InChI is InChI=1S/C21H30N4O2/c1-21(20(26)22-11-13-27-3)10-7-12-25(16-21)15-18-14-19(24(2)23-18)17-8-5-4-6-9-17/h4-6,8-9,14H,7,10-13,15-16H2,1-3H3,(H,22,26). The summed E-state index contributed by atoms with van der Waals surface area (Å²) < 4.78 is 6.96. The van der Waals surface area contributed by atoms with Crippen LogP contribution in [0, 0.1) is 5.41 Å². The predicted octanol–water partition coefficient (Wildman–Crippen LogP) is 2.45. The summed E-state index contributed by atoms with van der Waals surface area (Å²) in [7, 11) is 3.63. The molecule has 1 aliphatic heterocycles. The number of nitrogens with one attached hydrogen (secondary N) is 1. The van der Waals surface area contributed by atoms with Crippen LogP contribution in [0.25, 0.3) is 11.3 Å². The molecule has 1 aliphatic rings. The third kappa shape index (κ3) is 4.76. The van der Waals surface area contributed by atoms with E-state index in [0.29, 0.717) is 13.2 Å². The van der Waals surface area contributed by atoms with E-state index in [0.717, 1.165) is 43.9 Å². The van der Waals surface area contributed by atoms with Gasteiger partial charge in [-0.05, 0) is 37.9 Å². The lowest BCUT2D eigenvalue weighted by Crippen LogP contribution is -2.50. The quantitative estimate of drug-likeness (QED) is 0.761. The van der Waals surface area contributed by atoms with E-state index in [4.69, 9.17) is 9.84 Å². The number of piperidine rings is 1. The number of carbonyl (C=O) groups is 1. The summed E-state index contributed by atoms with van der Waals surface area (Å²) in [5.41, 5.74) is 2.96. The van der Waals surface area contributed by atoms with Crippen molar-refractivity contribution in [2.24, 2.45) is 12.5 Å². The van der Waals surface area contributed by atoms with Gasteiger partial charge in [0.25, 0.3) is 0 Å². The molecule has 1 saturated heterocycles. The average Bonchev–Trinajstić information content (AvgIpc) is 3.02. The molecule has 1 aromatic carbocycles. The van der Waals surface area contributed by atoms with Gasteiger partial charge >= 0.3 is 0 Å². The minimum absolute atomic E-state index is 0.121. The molecule has 2 heterocycles. The Morgan fingerprint density at radius 2 is 2.11 bits per heavy atom. The molecule has 2 aromatic rings. The van der Waals surface area contributed by atoms with Crippen molar-refractivity contribution in [2.75, 3.05) is 33.4 Å². The molecule has 1 N–H and O–H groups in total. The Morgan fingerprint density at radius 3 is 2.85 bits per heavy atom. The number of ether oxygens (including phenoxy) is 1. The molecule has 1 amide bonds. The minimum atomic E-state index is -0.358. The molecule has 1 unspecified atom stereocenters. The Bertz CT molecular complexity index is 759. The Morgan fingerprint density at radius 1 is 1.33 bits per heavy atom. The normalized spacial score (nSPS) is 20.6. The van der Waals surface area contributed by atoms with Crippen LogP contribution in [-0.4, -0.2) is 53.9 Å². The first-order valence-corrected chi connectivity index (χ1v) is 9.60. The van der Waals surface area contributed by atoms with E-state index < -0.39 is 0 Å². The van der Waals surface area contributed by atoms with Crippen LogP contribution in [0.1, 0.15) is 25.5 Å². The Kier molecular flexibility index (Phi) is 6.29. The molecule has 0 bridgehead atoms. The maximum Gasteiger partial charge on any atom is 0.227 e. The van der Waals surface area contributed by atoms with Gasteiger partial charge < -0.3 is 10.1 Å². The zero-order valence-corrected chi connectivity index (χ0v) is 16.6. The van der Waals surface area contributed by atoms with Crippen molar-refractivity contribution in [3.63, 3.8) is 0 Å². The van der Waals surface area contributed by atoms with Crippen LogP contribution in [0.5, 0.6) is 0 Å². The lowest BCUT2D eigenvalue weighted by atomic mass is 9.81. The average molecular weight is 370 g/mol. The van der Waals surface area contributed by atoms with Crippen LogP contribution in [0.2, 0.25) is 0 Å². The van der Waals surface area contributed by atoms with Gasteiger partial charge in [0.15, 0.2) is 0 Å². The molecular formula is C21H30N4O2. The maximum absolute atomic E-state index is 12.6. The van der Waals surface area contributed by atoms with Crippen LogP contribution in [0.3, 0.4) is 0 Å². The van der Waals surface area contributed by atoms with Gasteiger partial charge in [-0.3, -0.25) is 14.4 Å². The number of hydrogen-bond donors (Lipinski definition) is 1. The molecule has 3 rings (SSSR count). The number of hydrogen-bond acceptors (Lipinski definition) is 4. The highest BCUT2D eigenvalue weighted by atomic mass is 16.5. The molecule has 6 nitrogen and oxygen atoms in total. The highest BCUT2D eigenvalue weighted by Gasteiger charge is 2.37. The summed E-state index contributed by atoms with van der Waals surface area (Å²) in [4.78, 5) is 15.0. The van der Waals surface area contributed by atoms with E-state index in [1.165, 1.54) is 5.56 Å². The lowest BCUT2D eigenvalue weighted by molar-refractivity contribution is -0.133. The summed E-state index contributed by atoms with van der Waals surface area (Å²) in [5, 5.41) is 7.69. The Labute approximate surface area is 161 Å². The lowest BCUT2D eigenvalue weighted by Gasteiger charge is -2.39. The first-order valence-electron chi connectivity index (χ1n) is 9.60. The molecule has 1 fully saturated rings. The van der Waals surface area contributed by atoms with Gasteiger partial charge in [-0.15, -0.1) is 0 Å². The van der Waals surface area contributed by atoms with Crippen LogP contribution in [0.15, 0.2) is 36.4 Å². The number of likely N-dealkylation sites (tertiary alicyclic amines) is 1. The smallest absolute Gasteiger partial charge is 0.227 e. The maximum atomic E-state index is 12.6. The first-order chi connectivity index (χ1) is 13.0. The van der Waals surface area contributed by atoms with Gasteiger partial charge in [-0.1, -0.05) is 30.3 Å². The fraction of sp³-hybridized carbons (Fsp3) is 0.524. The van der Waals surface area contributed by atoms with Crippen molar-refractivity contribution in [1.29, 1.82) is 0 Å². The minimum Gasteiger partial charge on any atom is -0.383 e. The molecule has 0 radical (unpaired) electrons. The number of amides is 1. The summed E-state index contributed by atoms with van der Waals surface area (Å²) >= 11 is 0. The third-order valence-corrected chi connectivity index (χ3v) is 5.30. The van der Waals surface area contributed by atoms with Crippen molar-refractivity contribution < 1.29 is 9.53 Å². The SMILES string of the molecule is COCCNC(=O)C1(C)CCCN(Cc2cc(-c3ccccc3)n(C)n2)C1. The van der Waals surface area contributed by atoms with Crippen LogP contribution in [-0.2, 0) is 23.1 Å². The molecule has 1 atom stereocenters. The van der Waals surface area contributed by atoms with E-state index in [9.17, 15) is 4.79 Å². The van der Waals surface area contributed by atoms with E-state index in [-0.39, 0.29) is 11.3 Å². The molecule has 0 aliphatic carbocycles. The van der Waals surface area contributed by atoms with Gasteiger partial charge in [0.05, 0.1) is 23.4 Å². The number of aryl methyl sites for hydroxylation is 1. The molecule has 27 heavy (non-hydrogen) atoms. The Hall–Kier alpha value is -2.18. The highest BCUT2D eigenvalue weighted by Crippen LogP contribution is 2.31. The number of aromatic nitrogens is 2. The zero-order chi connectivity index (χ0) is 19.3. The van der Waals surface area contributed by atoms with Crippen LogP contribution in [0.4, 0.5) is 0 Å². The van der Waals surface area contributed by atoms with Gasteiger partial charge in [0, 0.05) is 33.8 Å². The first kappa shape index (κ1) is 19.6. The van der Waals surface area contributed by atoms with Crippen molar-refractivity contribution in [1.82, 2.24) is 20.0 Å². The van der Waals surface area contributed by atoms with Gasteiger partial charge in [0.1, 0.15) is 0 Å². The van der Waals surface area contributed by atoms with Gasteiger partial charge in [-0.25, -0.2) is 0 Å². The van der Waals surface area contributed by atoms with E-state index in [1.54, 1.807) is 7.11 Å². The predicted molar refractivity (Wildman–Crippen MR) is 106 cm³/mol. The monoisotopic (exact) mass is 370 g/mol. The highest BCUT2D eigenvalue weighted by molar-refractivity contribution is 5.82. The molecule has 6 heteroatoms. The second kappa shape index (κ2) is 8.67. The number of methoxy groups -OCH3 is 1. The second-order valence-electron chi connectivity index (χ2n) is 7.63. The van der Waals surface area contributed by atoms with Gasteiger partial charge in [0.2, 0.25) is 5.91 Å². The van der Waals surface area contributed by atoms with E-state index in [1.807, 2.05) is 29.9 Å². The topological polar surface area (TPSA) is 59.4 Å². The van der Waals surface area contributed by atoms with Gasteiger partial charge in [-0.2, -0.15) is 5.10 Å². The van der Waals surface area contributed by atoms with Crippen LogP contribution >= 0.6 is 0 Å². The Balaban J connectivity index is 1.65. The molecule has 0 saturated carbocycles. The van der Waals surface area contributed by atoms with Crippen molar-refractivity contribution >= 4 is 5.91 Å². The molecular weight excluding hydrogens is 340 g/mol. The molecule has 1 aromatic heterocycles. The summed E-state index contributed by atoms with van der Waals surface area (Å²) in [6.07, 6.45) is 1.94. The second-order valence-corrected chi connectivity index (χ2v) is 7.63. The van der Waals surface area contributed by atoms with Crippen LogP contribution < -0.4 is 5.32 Å². The molecule has 0 spiro atoms. The van der Waals surface area contributed by atoms with E-state index in [2.05, 4.69) is 35.3 Å². The summed E-state index contributed by atoms with van der Waals surface area (Å²) in [5.74, 6) is 0.121. The van der Waals surface area contributed by atoms with Crippen molar-refractivity contribution in [2.45, 2.75) is 26.3 Å². The number of nitrogens with zero attached hydrogens (tertiary/aromatic N) is 3. The molecule has 146 valence electrons. The summed E-state index contributed by atoms with van der Waals surface area (Å²) in [6.45, 7) is 5.69. The van der Waals surface area contributed by atoms with Crippen molar-refractivity contribution in [3.8, 4) is 11.3 Å². The number of rotatable bonds is 7. The number of benzene rings is 1.